The first-order valence-electron chi connectivity index (χ1n) is 3.79. The molecule has 2 radical (unpaired) electrons. The maximum atomic E-state index is 5.48. The number of thioether (sulfide) groups is 1. The molecule has 0 aliphatic rings. The first-order chi connectivity index (χ1) is 5.83. The molecule has 0 aliphatic carbocycles. The van der Waals surface area contributed by atoms with E-state index >= 15 is 0 Å². The average molecular weight is 194 g/mol. The Morgan fingerprint density at radius 2 is 1.75 bits per heavy atom. The van der Waals surface area contributed by atoms with Gasteiger partial charge in [-0.2, -0.15) is 0 Å². The topological polar surface area (TPSA) is 0 Å². The van der Waals surface area contributed by atoms with Crippen molar-refractivity contribution in [3.05, 3.63) is 24.3 Å². The summed E-state index contributed by atoms with van der Waals surface area (Å²) in [6.45, 7) is 4.00. The van der Waals surface area contributed by atoms with Gasteiger partial charge in [0.2, 0.25) is 0 Å². The van der Waals surface area contributed by atoms with E-state index in [2.05, 4.69) is 12.2 Å². The highest BCUT2D eigenvalue weighted by Crippen LogP contribution is 2.12. The molecule has 1 aromatic carbocycles. The highest BCUT2D eigenvalue weighted by atomic mass is 32.2. The molecule has 0 nitrogen and oxygen atoms in total. The Morgan fingerprint density at radius 1 is 1.25 bits per heavy atom. The smallest absolute Gasteiger partial charge is 0.0966 e. The summed E-state index contributed by atoms with van der Waals surface area (Å²) in [5.41, 5.74) is 0.786. The Bertz CT molecular complexity index is 218. The maximum Gasteiger partial charge on any atom is 0.113 e. The van der Waals surface area contributed by atoms with Gasteiger partial charge in [0.1, 0.15) is 7.85 Å². The third-order valence-electron chi connectivity index (χ3n) is 1.06. The van der Waals surface area contributed by atoms with E-state index in [9.17, 15) is 0 Å². The minimum atomic E-state index is 0.786. The highest BCUT2D eigenvalue weighted by Gasteiger charge is 1.87. The van der Waals surface area contributed by atoms with Crippen LogP contribution in [-0.2, 0) is 0 Å². The van der Waals surface area contributed by atoms with Crippen LogP contribution in [0.15, 0.2) is 29.2 Å². The third kappa shape index (κ3) is 4.57. The van der Waals surface area contributed by atoms with Crippen LogP contribution in [0.2, 0.25) is 0 Å². The van der Waals surface area contributed by atoms with Gasteiger partial charge in [-0.25, -0.2) is 0 Å². The van der Waals surface area contributed by atoms with Crippen LogP contribution in [0.1, 0.15) is 13.8 Å². The van der Waals surface area contributed by atoms with Gasteiger partial charge in [-0.15, -0.1) is 0 Å². The minimum Gasteiger partial charge on any atom is -0.0966 e. The van der Waals surface area contributed by atoms with Crippen LogP contribution < -0.4 is 5.46 Å². The predicted octanol–water partition coefficient (Wildman–Crippen LogP) is 2.56. The van der Waals surface area contributed by atoms with E-state index in [1.165, 1.54) is 11.8 Å². The van der Waals surface area contributed by atoms with Gasteiger partial charge in [0.15, 0.2) is 0 Å². The van der Waals surface area contributed by atoms with Gasteiger partial charge in [-0.05, 0) is 12.1 Å². The van der Waals surface area contributed by atoms with Crippen molar-refractivity contribution in [1.82, 2.24) is 0 Å². The molecular formula is C9H11BS2. The Balaban J connectivity index is 0.000000561. The minimum absolute atomic E-state index is 0.786. The van der Waals surface area contributed by atoms with E-state index in [1.54, 1.807) is 4.70 Å². The Labute approximate surface area is 85.2 Å². The molecule has 0 aromatic heterocycles. The molecule has 0 aliphatic heterocycles. The van der Waals surface area contributed by atoms with Gasteiger partial charge in [-0.3, -0.25) is 0 Å². The fraction of sp³-hybridized carbons (Fsp3) is 0.222. The number of hydrogen-bond acceptors (Lipinski definition) is 2. The number of hydrogen-bond donors (Lipinski definition) is 0. The molecule has 0 saturated heterocycles. The summed E-state index contributed by atoms with van der Waals surface area (Å²) in [5.74, 6) is 0. The Morgan fingerprint density at radius 3 is 2.17 bits per heavy atom. The monoisotopic (exact) mass is 194 g/mol. The van der Waals surface area contributed by atoms with Crippen LogP contribution in [0.3, 0.4) is 0 Å². The van der Waals surface area contributed by atoms with Crippen molar-refractivity contribution in [2.45, 2.75) is 18.7 Å². The first kappa shape index (κ1) is 11.7. The lowest BCUT2D eigenvalue weighted by atomic mass is 9.97. The summed E-state index contributed by atoms with van der Waals surface area (Å²) in [6.07, 6.45) is 0. The van der Waals surface area contributed by atoms with Crippen molar-refractivity contribution < 1.29 is 0 Å². The summed E-state index contributed by atoms with van der Waals surface area (Å²) in [5, 5.41) is 0. The van der Waals surface area contributed by atoms with Crippen LogP contribution in [-0.4, -0.2) is 12.5 Å². The number of rotatable bonds is 2. The van der Waals surface area contributed by atoms with Crippen molar-refractivity contribution >= 4 is 42.0 Å². The molecule has 0 saturated carbocycles. The molecule has 0 amide bonds. The Hall–Kier alpha value is -0.275. The fourth-order valence-corrected chi connectivity index (χ4v) is 1.34. The van der Waals surface area contributed by atoms with Gasteiger partial charge in [0.25, 0.3) is 0 Å². The van der Waals surface area contributed by atoms with Crippen molar-refractivity contribution in [1.29, 1.82) is 0 Å². The zero-order valence-electron chi connectivity index (χ0n) is 7.28. The highest BCUT2D eigenvalue weighted by molar-refractivity contribution is 8.20. The molecule has 62 valence electrons. The van der Waals surface area contributed by atoms with Gasteiger partial charge < -0.3 is 0 Å². The van der Waals surface area contributed by atoms with E-state index in [4.69, 9.17) is 7.85 Å². The second-order valence-corrected chi connectivity index (χ2v) is 3.26. The molecular weight excluding hydrogens is 183 g/mol. The molecule has 0 atom stereocenters. The molecule has 0 unspecified atom stereocenters. The zero-order chi connectivity index (χ0) is 9.40. The standard InChI is InChI=1S/C7H5BS2.C2H6/c8-6-1-3-7(4-2-6)10-5-9;1-2/h1-5H;1-2H3. The molecule has 3 heteroatoms. The van der Waals surface area contributed by atoms with E-state index in [0.717, 1.165) is 10.4 Å². The van der Waals surface area contributed by atoms with Crippen LogP contribution in [0, 0.1) is 0 Å². The van der Waals surface area contributed by atoms with E-state index in [1.807, 2.05) is 38.1 Å². The van der Waals surface area contributed by atoms with Gasteiger partial charge >= 0.3 is 0 Å². The third-order valence-corrected chi connectivity index (χ3v) is 1.99. The van der Waals surface area contributed by atoms with Gasteiger partial charge in [0.05, 0.1) is 0 Å². The molecule has 1 aromatic rings. The molecule has 0 N–H and O–H groups in total. The van der Waals surface area contributed by atoms with Crippen LogP contribution >= 0.6 is 24.0 Å². The first-order valence-corrected chi connectivity index (χ1v) is 5.14. The molecule has 0 bridgehead atoms. The second-order valence-electron chi connectivity index (χ2n) is 1.78. The normalized spacial score (nSPS) is 8.17. The van der Waals surface area contributed by atoms with Crippen LogP contribution in [0.4, 0.5) is 0 Å². The van der Waals surface area contributed by atoms with E-state index in [0.29, 0.717) is 0 Å². The van der Waals surface area contributed by atoms with E-state index < -0.39 is 0 Å². The number of thiocarbonyl (C=S) groups is 1. The molecule has 1 rings (SSSR count). The van der Waals surface area contributed by atoms with Crippen molar-refractivity contribution in [3.63, 3.8) is 0 Å². The SMILES string of the molecule is CC.[B]c1ccc(SC=S)cc1. The number of benzene rings is 1. The summed E-state index contributed by atoms with van der Waals surface area (Å²) in [6, 6.07) is 7.62. The lowest BCUT2D eigenvalue weighted by Gasteiger charge is -1.94. The lowest BCUT2D eigenvalue weighted by Crippen LogP contribution is -1.98. The Kier molecular flexibility index (Phi) is 7.21. The molecule has 0 heterocycles. The van der Waals surface area contributed by atoms with Crippen LogP contribution in [0.25, 0.3) is 0 Å². The second kappa shape index (κ2) is 7.38. The summed E-state index contributed by atoms with van der Waals surface area (Å²) >= 11 is 6.19. The lowest BCUT2D eigenvalue weighted by molar-refractivity contribution is 1.50. The molecule has 0 fully saturated rings. The molecule has 0 spiro atoms. The summed E-state index contributed by atoms with van der Waals surface area (Å²) in [7, 11) is 5.48. The van der Waals surface area contributed by atoms with Crippen molar-refractivity contribution in [2.75, 3.05) is 0 Å². The summed E-state index contributed by atoms with van der Waals surface area (Å²) < 4.78 is 1.63. The average Bonchev–Trinajstić information content (AvgIpc) is 2.13. The fourth-order valence-electron chi connectivity index (χ4n) is 0.602. The van der Waals surface area contributed by atoms with Gasteiger partial charge in [-0.1, -0.05) is 55.4 Å². The van der Waals surface area contributed by atoms with Crippen molar-refractivity contribution in [2.24, 2.45) is 0 Å². The maximum absolute atomic E-state index is 5.48. The van der Waals surface area contributed by atoms with Gasteiger partial charge in [0, 0.05) is 9.59 Å². The van der Waals surface area contributed by atoms with Crippen molar-refractivity contribution in [3.8, 4) is 0 Å². The molecule has 12 heavy (non-hydrogen) atoms. The predicted molar refractivity (Wildman–Crippen MR) is 62.7 cm³/mol. The summed E-state index contributed by atoms with van der Waals surface area (Å²) in [4.78, 5) is 1.13. The largest absolute Gasteiger partial charge is 0.113 e. The quantitative estimate of drug-likeness (QED) is 0.403. The zero-order valence-corrected chi connectivity index (χ0v) is 8.91. The van der Waals surface area contributed by atoms with Crippen LogP contribution in [0.5, 0.6) is 0 Å². The van der Waals surface area contributed by atoms with E-state index in [-0.39, 0.29) is 0 Å².